The Morgan fingerprint density at radius 2 is 1.92 bits per heavy atom. The largest absolute Gasteiger partial charge is 0.480 e. The van der Waals surface area contributed by atoms with Crippen molar-refractivity contribution in [1.29, 1.82) is 0 Å². The summed E-state index contributed by atoms with van der Waals surface area (Å²) in [5, 5.41) is 8.73. The molecule has 1 rings (SSSR count). The first kappa shape index (κ1) is 9.98. The van der Waals surface area contributed by atoms with Crippen LogP contribution in [-0.2, 0) is 9.59 Å². The molecule has 0 saturated carbocycles. The maximum atomic E-state index is 10.6. The highest BCUT2D eigenvalue weighted by Crippen LogP contribution is 2.04. The van der Waals surface area contributed by atoms with Gasteiger partial charge >= 0.3 is 5.97 Å². The fraction of sp³-hybridized carbons (Fsp3) is 0.750. The lowest BCUT2D eigenvalue weighted by Gasteiger charge is -2.34. The molecule has 0 aromatic heterocycles. The van der Waals surface area contributed by atoms with Crippen LogP contribution < -0.4 is 0 Å². The van der Waals surface area contributed by atoms with E-state index in [-0.39, 0.29) is 0 Å². The van der Waals surface area contributed by atoms with Gasteiger partial charge in [0.05, 0.1) is 0 Å². The van der Waals surface area contributed by atoms with E-state index in [9.17, 15) is 9.59 Å². The third kappa shape index (κ3) is 2.42. The number of carbonyl (C=O) groups excluding carboxylic acids is 1. The van der Waals surface area contributed by atoms with Gasteiger partial charge in [0, 0.05) is 26.2 Å². The van der Waals surface area contributed by atoms with E-state index in [1.54, 1.807) is 11.8 Å². The fourth-order valence-electron chi connectivity index (χ4n) is 1.39. The number of amides is 1. The van der Waals surface area contributed by atoms with Crippen LogP contribution in [0.25, 0.3) is 0 Å². The summed E-state index contributed by atoms with van der Waals surface area (Å²) in [6.45, 7) is 4.21. The quantitative estimate of drug-likeness (QED) is 0.588. The number of carboxylic acids is 1. The molecule has 0 aromatic carbocycles. The molecule has 1 heterocycles. The second-order valence-electron chi connectivity index (χ2n) is 3.19. The summed E-state index contributed by atoms with van der Waals surface area (Å²) >= 11 is 0. The van der Waals surface area contributed by atoms with Crippen LogP contribution in [0, 0.1) is 0 Å². The molecule has 1 saturated heterocycles. The number of carboxylic acid groups (broad SMARTS) is 1. The summed E-state index contributed by atoms with van der Waals surface area (Å²) in [4.78, 5) is 24.5. The molecule has 1 fully saturated rings. The van der Waals surface area contributed by atoms with Crippen molar-refractivity contribution in [3.8, 4) is 0 Å². The molecular weight excluding hydrogens is 172 g/mol. The van der Waals surface area contributed by atoms with Crippen LogP contribution in [0.5, 0.6) is 0 Å². The van der Waals surface area contributed by atoms with Gasteiger partial charge in [-0.15, -0.1) is 0 Å². The second kappa shape index (κ2) is 4.23. The molecule has 1 atom stereocenters. The predicted molar refractivity (Wildman–Crippen MR) is 46.3 cm³/mol. The van der Waals surface area contributed by atoms with Gasteiger partial charge in [0.1, 0.15) is 6.04 Å². The van der Waals surface area contributed by atoms with E-state index in [0.717, 1.165) is 6.41 Å². The van der Waals surface area contributed by atoms with Crippen molar-refractivity contribution in [3.05, 3.63) is 0 Å². The highest BCUT2D eigenvalue weighted by molar-refractivity contribution is 5.72. The number of rotatable bonds is 3. The van der Waals surface area contributed by atoms with Gasteiger partial charge in [0.15, 0.2) is 0 Å². The van der Waals surface area contributed by atoms with Gasteiger partial charge in [0.25, 0.3) is 0 Å². The SMILES string of the molecule is CC(C(=O)O)N1CCN(C=O)CC1. The molecule has 1 unspecified atom stereocenters. The average molecular weight is 186 g/mol. The molecule has 0 aliphatic carbocycles. The lowest BCUT2D eigenvalue weighted by molar-refractivity contribution is -0.143. The van der Waals surface area contributed by atoms with Gasteiger partial charge in [-0.3, -0.25) is 14.5 Å². The van der Waals surface area contributed by atoms with Crippen molar-refractivity contribution in [1.82, 2.24) is 9.80 Å². The first-order chi connectivity index (χ1) is 6.15. The summed E-state index contributed by atoms with van der Waals surface area (Å²) in [6, 6.07) is -0.450. The van der Waals surface area contributed by atoms with E-state index in [1.807, 2.05) is 4.90 Å². The molecule has 13 heavy (non-hydrogen) atoms. The molecule has 0 bridgehead atoms. The Kier molecular flexibility index (Phi) is 3.25. The summed E-state index contributed by atoms with van der Waals surface area (Å²) in [5.74, 6) is -0.806. The van der Waals surface area contributed by atoms with Gasteiger partial charge in [-0.25, -0.2) is 0 Å². The van der Waals surface area contributed by atoms with Crippen molar-refractivity contribution in [3.63, 3.8) is 0 Å². The normalized spacial score (nSPS) is 21.2. The number of nitrogens with zero attached hydrogens (tertiary/aromatic N) is 2. The number of carbonyl (C=O) groups is 2. The number of hydrogen-bond donors (Lipinski definition) is 1. The average Bonchev–Trinajstić information content (AvgIpc) is 2.17. The van der Waals surface area contributed by atoms with E-state index in [0.29, 0.717) is 26.2 Å². The van der Waals surface area contributed by atoms with Crippen molar-refractivity contribution in [2.45, 2.75) is 13.0 Å². The summed E-state index contributed by atoms with van der Waals surface area (Å²) in [5.41, 5.74) is 0. The molecule has 1 N–H and O–H groups in total. The number of piperazine rings is 1. The molecule has 5 heteroatoms. The molecule has 1 aliphatic rings. The molecule has 0 spiro atoms. The van der Waals surface area contributed by atoms with Crippen LogP contribution >= 0.6 is 0 Å². The van der Waals surface area contributed by atoms with Crippen LogP contribution in [0.2, 0.25) is 0 Å². The van der Waals surface area contributed by atoms with E-state index in [1.165, 1.54) is 0 Å². The van der Waals surface area contributed by atoms with Crippen molar-refractivity contribution >= 4 is 12.4 Å². The highest BCUT2D eigenvalue weighted by Gasteiger charge is 2.24. The molecule has 1 aliphatic heterocycles. The summed E-state index contributed by atoms with van der Waals surface area (Å²) in [6.07, 6.45) is 0.808. The van der Waals surface area contributed by atoms with Gasteiger partial charge in [-0.2, -0.15) is 0 Å². The minimum atomic E-state index is -0.806. The molecular formula is C8H14N2O3. The van der Waals surface area contributed by atoms with E-state index < -0.39 is 12.0 Å². The Hall–Kier alpha value is -1.10. The first-order valence-electron chi connectivity index (χ1n) is 4.31. The van der Waals surface area contributed by atoms with Crippen molar-refractivity contribution in [2.24, 2.45) is 0 Å². The number of hydrogen-bond acceptors (Lipinski definition) is 3. The Bertz CT molecular complexity index is 200. The summed E-state index contributed by atoms with van der Waals surface area (Å²) in [7, 11) is 0. The zero-order valence-electron chi connectivity index (χ0n) is 7.64. The Balaban J connectivity index is 2.40. The van der Waals surface area contributed by atoms with Crippen LogP contribution in [0.3, 0.4) is 0 Å². The topological polar surface area (TPSA) is 60.9 Å². The minimum Gasteiger partial charge on any atom is -0.480 e. The zero-order chi connectivity index (χ0) is 9.84. The first-order valence-corrected chi connectivity index (χ1v) is 4.31. The van der Waals surface area contributed by atoms with Gasteiger partial charge in [-0.1, -0.05) is 0 Å². The smallest absolute Gasteiger partial charge is 0.320 e. The lowest BCUT2D eigenvalue weighted by Crippen LogP contribution is -2.51. The Morgan fingerprint density at radius 3 is 2.31 bits per heavy atom. The Labute approximate surface area is 76.9 Å². The van der Waals surface area contributed by atoms with Crippen LogP contribution in [-0.4, -0.2) is 59.5 Å². The van der Waals surface area contributed by atoms with Crippen molar-refractivity contribution in [2.75, 3.05) is 26.2 Å². The Morgan fingerprint density at radius 1 is 1.38 bits per heavy atom. The second-order valence-corrected chi connectivity index (χ2v) is 3.19. The maximum absolute atomic E-state index is 10.6. The van der Waals surface area contributed by atoms with Gasteiger partial charge in [-0.05, 0) is 6.92 Å². The van der Waals surface area contributed by atoms with Crippen LogP contribution in [0.4, 0.5) is 0 Å². The summed E-state index contributed by atoms with van der Waals surface area (Å²) < 4.78 is 0. The highest BCUT2D eigenvalue weighted by atomic mass is 16.4. The van der Waals surface area contributed by atoms with Crippen LogP contribution in [0.1, 0.15) is 6.92 Å². The molecule has 1 amide bonds. The van der Waals surface area contributed by atoms with Gasteiger partial charge in [0.2, 0.25) is 6.41 Å². The van der Waals surface area contributed by atoms with E-state index in [4.69, 9.17) is 5.11 Å². The van der Waals surface area contributed by atoms with E-state index >= 15 is 0 Å². The fourth-order valence-corrected chi connectivity index (χ4v) is 1.39. The molecule has 0 aromatic rings. The standard InChI is InChI=1S/C8H14N2O3/c1-7(8(12)13)10-4-2-9(6-11)3-5-10/h6-7H,2-5H2,1H3,(H,12,13). The predicted octanol–water partition coefficient (Wildman–Crippen LogP) is -0.766. The lowest BCUT2D eigenvalue weighted by atomic mass is 10.2. The number of aliphatic carboxylic acids is 1. The van der Waals surface area contributed by atoms with Gasteiger partial charge < -0.3 is 10.0 Å². The molecule has 0 radical (unpaired) electrons. The maximum Gasteiger partial charge on any atom is 0.320 e. The monoisotopic (exact) mass is 186 g/mol. The van der Waals surface area contributed by atoms with Crippen LogP contribution in [0.15, 0.2) is 0 Å². The zero-order valence-corrected chi connectivity index (χ0v) is 7.64. The molecule has 74 valence electrons. The minimum absolute atomic E-state index is 0.450. The molecule has 5 nitrogen and oxygen atoms in total. The van der Waals surface area contributed by atoms with Crippen molar-refractivity contribution < 1.29 is 14.7 Å². The van der Waals surface area contributed by atoms with E-state index in [2.05, 4.69) is 0 Å². The third-order valence-corrected chi connectivity index (χ3v) is 2.40. The third-order valence-electron chi connectivity index (χ3n) is 2.40.